The second-order valence-electron chi connectivity index (χ2n) is 8.44. The van der Waals surface area contributed by atoms with Crippen LogP contribution in [0.3, 0.4) is 0 Å². The Kier molecular flexibility index (Phi) is 7.29. The molecule has 0 saturated carbocycles. The molecule has 1 fully saturated rings. The Bertz CT molecular complexity index is 1230. The molecule has 3 aromatic carbocycles. The predicted molar refractivity (Wildman–Crippen MR) is 124 cm³/mol. The highest BCUT2D eigenvalue weighted by molar-refractivity contribution is 6.32. The number of anilines is 1. The van der Waals surface area contributed by atoms with Gasteiger partial charge in [-0.1, -0.05) is 35.9 Å². The summed E-state index contributed by atoms with van der Waals surface area (Å²) in [4.78, 5) is 3.69. The molecule has 1 aliphatic rings. The van der Waals surface area contributed by atoms with Crippen molar-refractivity contribution in [1.82, 2.24) is 4.90 Å². The van der Waals surface area contributed by atoms with Gasteiger partial charge in [-0.25, -0.2) is 8.78 Å². The molecular weight excluding hydrogens is 485 g/mol. The third-order valence-electron chi connectivity index (χ3n) is 6.20. The van der Waals surface area contributed by atoms with Gasteiger partial charge < -0.3 is 4.90 Å². The minimum atomic E-state index is -4.52. The SMILES string of the molecule is N#Cc1ccc(N(Cc2ccccc2C(F)(F)F)[C@H]2CCN(Cc3c(F)cccc3F)C2)cc1Cl. The summed E-state index contributed by atoms with van der Waals surface area (Å²) >= 11 is 6.24. The monoisotopic (exact) mass is 505 g/mol. The topological polar surface area (TPSA) is 30.3 Å². The molecule has 1 aliphatic heterocycles. The molecular formula is C26H21ClF5N3. The fourth-order valence-corrected chi connectivity index (χ4v) is 4.66. The summed E-state index contributed by atoms with van der Waals surface area (Å²) in [5, 5.41) is 9.40. The maximum atomic E-state index is 14.2. The Labute approximate surface area is 205 Å². The Morgan fingerprint density at radius 1 is 1.03 bits per heavy atom. The molecule has 0 unspecified atom stereocenters. The molecule has 182 valence electrons. The number of hydrogen-bond donors (Lipinski definition) is 0. The Hall–Kier alpha value is -3.15. The molecule has 0 aromatic heterocycles. The average Bonchev–Trinajstić information content (AvgIpc) is 3.28. The van der Waals surface area contributed by atoms with Crippen molar-refractivity contribution in [3.05, 3.63) is 99.6 Å². The van der Waals surface area contributed by atoms with E-state index in [9.17, 15) is 27.2 Å². The lowest BCUT2D eigenvalue weighted by molar-refractivity contribution is -0.138. The number of benzene rings is 3. The molecule has 4 rings (SSSR count). The van der Waals surface area contributed by atoms with Gasteiger partial charge in [0.05, 0.1) is 16.1 Å². The van der Waals surface area contributed by atoms with Crippen molar-refractivity contribution in [3.8, 4) is 6.07 Å². The third-order valence-corrected chi connectivity index (χ3v) is 6.51. The third kappa shape index (κ3) is 5.58. The highest BCUT2D eigenvalue weighted by atomic mass is 35.5. The summed E-state index contributed by atoms with van der Waals surface area (Å²) < 4.78 is 69.3. The first-order valence-electron chi connectivity index (χ1n) is 10.9. The van der Waals surface area contributed by atoms with Crippen molar-refractivity contribution >= 4 is 17.3 Å². The summed E-state index contributed by atoms with van der Waals surface area (Å²) in [6.45, 7) is 0.903. The molecule has 9 heteroatoms. The Morgan fingerprint density at radius 2 is 1.74 bits per heavy atom. The molecule has 3 nitrogen and oxygen atoms in total. The van der Waals surface area contributed by atoms with Crippen molar-refractivity contribution < 1.29 is 22.0 Å². The smallest absolute Gasteiger partial charge is 0.363 e. The molecule has 0 aliphatic carbocycles. The van der Waals surface area contributed by atoms with Crippen LogP contribution in [-0.4, -0.2) is 24.0 Å². The molecule has 35 heavy (non-hydrogen) atoms. The first-order valence-corrected chi connectivity index (χ1v) is 11.3. The zero-order valence-corrected chi connectivity index (χ0v) is 19.3. The fraction of sp³-hybridized carbons (Fsp3) is 0.269. The van der Waals surface area contributed by atoms with Crippen LogP contribution in [0.5, 0.6) is 0 Å². The van der Waals surface area contributed by atoms with E-state index in [0.717, 1.165) is 6.07 Å². The Morgan fingerprint density at radius 3 is 2.40 bits per heavy atom. The predicted octanol–water partition coefficient (Wildman–Crippen LogP) is 6.79. The lowest BCUT2D eigenvalue weighted by Crippen LogP contribution is -2.37. The van der Waals surface area contributed by atoms with Crippen LogP contribution in [0.15, 0.2) is 60.7 Å². The van der Waals surface area contributed by atoms with Gasteiger partial charge in [-0.15, -0.1) is 0 Å². The maximum absolute atomic E-state index is 14.2. The van der Waals surface area contributed by atoms with Gasteiger partial charge in [-0.3, -0.25) is 4.90 Å². The molecule has 0 radical (unpaired) electrons. The molecule has 1 heterocycles. The zero-order valence-electron chi connectivity index (χ0n) is 18.5. The van der Waals surface area contributed by atoms with Crippen LogP contribution in [0.1, 0.15) is 28.7 Å². The number of halogens is 6. The van der Waals surface area contributed by atoms with Crippen LogP contribution < -0.4 is 4.90 Å². The van der Waals surface area contributed by atoms with Crippen LogP contribution in [0, 0.1) is 23.0 Å². The molecule has 1 atom stereocenters. The van der Waals surface area contributed by atoms with E-state index >= 15 is 0 Å². The van der Waals surface area contributed by atoms with E-state index in [1.54, 1.807) is 18.2 Å². The highest BCUT2D eigenvalue weighted by Crippen LogP contribution is 2.35. The average molecular weight is 506 g/mol. The van der Waals surface area contributed by atoms with Crippen molar-refractivity contribution in [2.24, 2.45) is 0 Å². The fourth-order valence-electron chi connectivity index (χ4n) is 4.44. The molecule has 0 spiro atoms. The van der Waals surface area contributed by atoms with E-state index in [0.29, 0.717) is 25.2 Å². The number of rotatable bonds is 6. The van der Waals surface area contributed by atoms with E-state index in [-0.39, 0.29) is 40.8 Å². The highest BCUT2D eigenvalue weighted by Gasteiger charge is 2.35. The molecule has 0 bridgehead atoms. The lowest BCUT2D eigenvalue weighted by Gasteiger charge is -2.32. The van der Waals surface area contributed by atoms with Crippen molar-refractivity contribution in [3.63, 3.8) is 0 Å². The second kappa shape index (κ2) is 10.2. The van der Waals surface area contributed by atoms with Gasteiger partial charge in [0.2, 0.25) is 0 Å². The Balaban J connectivity index is 1.64. The zero-order chi connectivity index (χ0) is 25.2. The number of nitriles is 1. The molecule has 0 amide bonds. The van der Waals surface area contributed by atoms with Crippen molar-refractivity contribution in [2.45, 2.75) is 31.7 Å². The van der Waals surface area contributed by atoms with Gasteiger partial charge in [-0.2, -0.15) is 18.4 Å². The molecule has 1 saturated heterocycles. The minimum Gasteiger partial charge on any atom is -0.363 e. The first-order chi connectivity index (χ1) is 16.7. The van der Waals surface area contributed by atoms with Crippen molar-refractivity contribution in [1.29, 1.82) is 5.26 Å². The van der Waals surface area contributed by atoms with Crippen LogP contribution in [-0.2, 0) is 19.3 Å². The quantitative estimate of drug-likeness (QED) is 0.345. The maximum Gasteiger partial charge on any atom is 0.416 e. The van der Waals surface area contributed by atoms with Gasteiger partial charge in [0.25, 0.3) is 0 Å². The van der Waals surface area contributed by atoms with Crippen LogP contribution in [0.4, 0.5) is 27.6 Å². The summed E-state index contributed by atoms with van der Waals surface area (Å²) in [6, 6.07) is 15.6. The number of alkyl halides is 3. The minimum absolute atomic E-state index is 0.0384. The second-order valence-corrected chi connectivity index (χ2v) is 8.84. The number of likely N-dealkylation sites (tertiary alicyclic amines) is 1. The summed E-state index contributed by atoms with van der Waals surface area (Å²) in [6.07, 6.45) is -3.95. The van der Waals surface area contributed by atoms with Crippen LogP contribution in [0.25, 0.3) is 0 Å². The lowest BCUT2D eigenvalue weighted by atomic mass is 10.0. The van der Waals surface area contributed by atoms with E-state index in [1.807, 2.05) is 15.9 Å². The van der Waals surface area contributed by atoms with Gasteiger partial charge in [-0.05, 0) is 48.4 Å². The van der Waals surface area contributed by atoms with E-state index in [1.165, 1.54) is 36.4 Å². The summed E-state index contributed by atoms with van der Waals surface area (Å²) in [5.41, 5.74) is 0.152. The van der Waals surface area contributed by atoms with Gasteiger partial charge in [0.1, 0.15) is 17.7 Å². The number of nitrogens with zero attached hydrogens (tertiary/aromatic N) is 3. The number of hydrogen-bond acceptors (Lipinski definition) is 3. The molecule has 3 aromatic rings. The normalized spacial score (nSPS) is 16.3. The van der Waals surface area contributed by atoms with Crippen LogP contribution in [0.2, 0.25) is 5.02 Å². The standard InChI is InChI=1S/C26H21ClF5N3/c27-23-12-19(9-8-17(23)13-33)35(14-18-4-1-2-5-22(18)26(30,31)32)20-10-11-34(15-20)16-21-24(28)6-3-7-25(21)29/h1-9,12,20H,10-11,14-16H2/t20-/m0/s1. The van der Waals surface area contributed by atoms with Gasteiger partial charge in [0, 0.05) is 43.5 Å². The van der Waals surface area contributed by atoms with Gasteiger partial charge >= 0.3 is 6.18 Å². The largest absolute Gasteiger partial charge is 0.416 e. The molecule has 0 N–H and O–H groups in total. The van der Waals surface area contributed by atoms with Gasteiger partial charge in [0.15, 0.2) is 0 Å². The van der Waals surface area contributed by atoms with Crippen molar-refractivity contribution in [2.75, 3.05) is 18.0 Å². The summed E-state index contributed by atoms with van der Waals surface area (Å²) in [7, 11) is 0. The first kappa shape index (κ1) is 25.0. The van der Waals surface area contributed by atoms with E-state index in [2.05, 4.69) is 0 Å². The van der Waals surface area contributed by atoms with E-state index in [4.69, 9.17) is 11.6 Å². The van der Waals surface area contributed by atoms with E-state index < -0.39 is 23.4 Å². The summed E-state index contributed by atoms with van der Waals surface area (Å²) in [5.74, 6) is -1.27. The van der Waals surface area contributed by atoms with Crippen LogP contribution >= 0.6 is 11.6 Å².